The molecule has 0 radical (unpaired) electrons. The van der Waals surface area contributed by atoms with E-state index in [9.17, 15) is 9.90 Å². The Morgan fingerprint density at radius 3 is 2.75 bits per heavy atom. The Labute approximate surface area is 164 Å². The number of carbonyl (C=O) groups is 1. The molecule has 6 heteroatoms. The molecule has 1 aliphatic rings. The van der Waals surface area contributed by atoms with Gasteiger partial charge < -0.3 is 15.6 Å². The molecule has 1 atom stereocenters. The van der Waals surface area contributed by atoms with Crippen LogP contribution >= 0.6 is 0 Å². The van der Waals surface area contributed by atoms with Crippen molar-refractivity contribution in [1.29, 1.82) is 0 Å². The fourth-order valence-electron chi connectivity index (χ4n) is 3.10. The molecule has 28 heavy (non-hydrogen) atoms. The van der Waals surface area contributed by atoms with E-state index in [1.165, 1.54) is 0 Å². The van der Waals surface area contributed by atoms with Crippen LogP contribution in [0.1, 0.15) is 25.0 Å². The van der Waals surface area contributed by atoms with Crippen molar-refractivity contribution in [3.63, 3.8) is 0 Å². The van der Waals surface area contributed by atoms with Crippen LogP contribution in [0.2, 0.25) is 0 Å². The molecule has 0 aromatic heterocycles. The molecule has 1 heterocycles. The van der Waals surface area contributed by atoms with Crippen LogP contribution in [0.25, 0.3) is 16.7 Å². The van der Waals surface area contributed by atoms with Crippen LogP contribution in [-0.2, 0) is 21.0 Å². The summed E-state index contributed by atoms with van der Waals surface area (Å²) >= 11 is 0. The average Bonchev–Trinajstić information content (AvgIpc) is 2.84. The summed E-state index contributed by atoms with van der Waals surface area (Å²) in [5.41, 5.74) is 14.3. The van der Waals surface area contributed by atoms with E-state index in [1.54, 1.807) is 13.8 Å². The number of nitrogens with two attached hydrogens (primary N) is 1. The lowest BCUT2D eigenvalue weighted by Crippen LogP contribution is -2.21. The van der Waals surface area contributed by atoms with E-state index in [2.05, 4.69) is 12.1 Å². The van der Waals surface area contributed by atoms with Crippen molar-refractivity contribution >= 4 is 17.2 Å². The maximum absolute atomic E-state index is 12.4. The highest BCUT2D eigenvalue weighted by molar-refractivity contribution is 6.08. The van der Waals surface area contributed by atoms with Crippen LogP contribution in [0.5, 0.6) is 0 Å². The van der Waals surface area contributed by atoms with Crippen LogP contribution in [0.4, 0.5) is 5.69 Å². The summed E-state index contributed by atoms with van der Waals surface area (Å²) in [6.07, 6.45) is -0.463. The number of carbonyl (C=O) groups excluding carboxylic acids is 1. The zero-order valence-electron chi connectivity index (χ0n) is 16.0. The van der Waals surface area contributed by atoms with Gasteiger partial charge >= 0.3 is 5.97 Å². The van der Waals surface area contributed by atoms with Gasteiger partial charge in [-0.05, 0) is 48.7 Å². The first-order valence-electron chi connectivity index (χ1n) is 9.08. The lowest BCUT2D eigenvalue weighted by Gasteiger charge is -2.16. The maximum Gasteiger partial charge on any atom is 0.338 e. The standard InChI is InChI=1S/C22H24N2O4/c1-4-27-22(26)13(2)20-18-11-17(16-7-5-6-15(10-16)12-25)8-9-19(18)24-28-14(3)21(20)23/h5-11,14,24-25H,2,4,12,23H2,1,3H3. The fraction of sp³-hybridized carbons (Fsp3) is 0.227. The molecular formula is C22H24N2O4. The topological polar surface area (TPSA) is 93.8 Å². The van der Waals surface area contributed by atoms with Crippen LogP contribution in [0.15, 0.2) is 60.3 Å². The summed E-state index contributed by atoms with van der Waals surface area (Å²) in [7, 11) is 0. The van der Waals surface area contributed by atoms with E-state index in [0.717, 1.165) is 16.7 Å². The molecule has 2 aromatic rings. The van der Waals surface area contributed by atoms with Gasteiger partial charge in [-0.1, -0.05) is 30.8 Å². The Bertz CT molecular complexity index is 949. The molecule has 1 unspecified atom stereocenters. The highest BCUT2D eigenvalue weighted by Gasteiger charge is 2.27. The molecule has 0 saturated heterocycles. The average molecular weight is 380 g/mol. The van der Waals surface area contributed by atoms with Crippen LogP contribution in [0.3, 0.4) is 0 Å². The normalized spacial score (nSPS) is 16.0. The second-order valence-electron chi connectivity index (χ2n) is 6.51. The largest absolute Gasteiger partial charge is 0.462 e. The van der Waals surface area contributed by atoms with E-state index in [1.807, 2.05) is 42.5 Å². The number of hydrogen-bond acceptors (Lipinski definition) is 6. The molecule has 2 aromatic carbocycles. The van der Waals surface area contributed by atoms with Gasteiger partial charge in [0.15, 0.2) is 0 Å². The summed E-state index contributed by atoms with van der Waals surface area (Å²) in [6.45, 7) is 7.66. The molecular weight excluding hydrogens is 356 g/mol. The molecule has 0 amide bonds. The third-order valence-corrected chi connectivity index (χ3v) is 4.63. The molecule has 3 rings (SSSR count). The quantitative estimate of drug-likeness (QED) is 0.544. The fourth-order valence-corrected chi connectivity index (χ4v) is 3.10. The first-order chi connectivity index (χ1) is 13.5. The predicted molar refractivity (Wildman–Crippen MR) is 109 cm³/mol. The zero-order valence-corrected chi connectivity index (χ0v) is 16.0. The van der Waals surface area contributed by atoms with Gasteiger partial charge in [-0.2, -0.15) is 0 Å². The van der Waals surface area contributed by atoms with Crippen LogP contribution in [-0.4, -0.2) is 23.8 Å². The molecule has 0 aliphatic carbocycles. The van der Waals surface area contributed by atoms with Gasteiger partial charge in [0.05, 0.1) is 24.5 Å². The highest BCUT2D eigenvalue weighted by atomic mass is 16.7. The van der Waals surface area contributed by atoms with E-state index >= 15 is 0 Å². The zero-order chi connectivity index (χ0) is 20.3. The third-order valence-electron chi connectivity index (χ3n) is 4.63. The van der Waals surface area contributed by atoms with Crippen molar-refractivity contribution in [2.45, 2.75) is 26.6 Å². The van der Waals surface area contributed by atoms with Crippen molar-refractivity contribution in [3.8, 4) is 11.1 Å². The molecule has 0 bridgehead atoms. The van der Waals surface area contributed by atoms with Gasteiger partial charge in [-0.3, -0.25) is 10.3 Å². The molecule has 146 valence electrons. The van der Waals surface area contributed by atoms with Gasteiger partial charge in [-0.15, -0.1) is 0 Å². The smallest absolute Gasteiger partial charge is 0.338 e. The number of rotatable bonds is 5. The van der Waals surface area contributed by atoms with E-state index in [0.29, 0.717) is 22.5 Å². The van der Waals surface area contributed by atoms with Gasteiger partial charge in [0.25, 0.3) is 0 Å². The Balaban J connectivity index is 2.15. The van der Waals surface area contributed by atoms with Crippen molar-refractivity contribution < 1.29 is 19.5 Å². The third kappa shape index (κ3) is 3.78. The van der Waals surface area contributed by atoms with Crippen molar-refractivity contribution in [3.05, 3.63) is 71.4 Å². The Kier molecular flexibility index (Phi) is 5.82. The van der Waals surface area contributed by atoms with Crippen molar-refractivity contribution in [1.82, 2.24) is 0 Å². The van der Waals surface area contributed by atoms with E-state index in [4.69, 9.17) is 15.3 Å². The molecule has 0 spiro atoms. The summed E-state index contributed by atoms with van der Waals surface area (Å²) in [5, 5.41) is 9.42. The molecule has 0 fully saturated rings. The number of esters is 1. The van der Waals surface area contributed by atoms with Crippen LogP contribution < -0.4 is 11.2 Å². The first-order valence-corrected chi connectivity index (χ1v) is 9.08. The Morgan fingerprint density at radius 1 is 1.29 bits per heavy atom. The number of benzene rings is 2. The lowest BCUT2D eigenvalue weighted by atomic mass is 9.91. The number of hydrogen-bond donors (Lipinski definition) is 3. The molecule has 0 saturated carbocycles. The van der Waals surface area contributed by atoms with Gasteiger partial charge in [0.1, 0.15) is 6.10 Å². The molecule has 1 aliphatic heterocycles. The van der Waals surface area contributed by atoms with Gasteiger partial charge in [-0.25, -0.2) is 4.79 Å². The molecule has 6 nitrogen and oxygen atoms in total. The number of fused-ring (bicyclic) bond motifs is 1. The number of aliphatic hydroxyl groups excluding tert-OH is 1. The van der Waals surface area contributed by atoms with Crippen LogP contribution in [0, 0.1) is 0 Å². The van der Waals surface area contributed by atoms with Gasteiger partial charge in [0.2, 0.25) is 0 Å². The van der Waals surface area contributed by atoms with E-state index < -0.39 is 12.1 Å². The Hall–Kier alpha value is -3.09. The van der Waals surface area contributed by atoms with Gasteiger partial charge in [0, 0.05) is 16.8 Å². The van der Waals surface area contributed by atoms with Crippen molar-refractivity contribution in [2.24, 2.45) is 5.73 Å². The minimum atomic E-state index is -0.520. The highest BCUT2D eigenvalue weighted by Crippen LogP contribution is 2.37. The summed E-state index contributed by atoms with van der Waals surface area (Å²) in [4.78, 5) is 17.9. The van der Waals surface area contributed by atoms with E-state index in [-0.39, 0.29) is 18.8 Å². The first kappa shape index (κ1) is 19.7. The number of ether oxygens (including phenoxy) is 1. The summed E-state index contributed by atoms with van der Waals surface area (Å²) in [6, 6.07) is 13.3. The SMILES string of the molecule is C=C(C(=O)OCC)C1=C(N)C(C)ONc2ccc(-c3cccc(CO)c3)cc21. The number of aliphatic hydroxyl groups is 1. The predicted octanol–water partition coefficient (Wildman–Crippen LogP) is 3.38. The maximum atomic E-state index is 12.4. The molecule has 4 N–H and O–H groups in total. The summed E-state index contributed by atoms with van der Waals surface area (Å²) in [5.74, 6) is -0.520. The monoisotopic (exact) mass is 380 g/mol. The number of anilines is 1. The minimum Gasteiger partial charge on any atom is -0.462 e. The second-order valence-corrected chi connectivity index (χ2v) is 6.51. The van der Waals surface area contributed by atoms with Crippen molar-refractivity contribution in [2.75, 3.05) is 12.1 Å². The summed E-state index contributed by atoms with van der Waals surface area (Å²) < 4.78 is 5.12. The Morgan fingerprint density at radius 2 is 2.04 bits per heavy atom. The lowest BCUT2D eigenvalue weighted by molar-refractivity contribution is -0.137. The second kappa shape index (κ2) is 8.29. The minimum absolute atomic E-state index is 0.0382. The number of nitrogens with one attached hydrogen (secondary N) is 1.